The van der Waals surface area contributed by atoms with E-state index in [4.69, 9.17) is 4.74 Å². The molecular weight excluding hydrogens is 272 g/mol. The highest BCUT2D eigenvalue weighted by atomic mass is 16.6. The van der Waals surface area contributed by atoms with Crippen LogP contribution < -0.4 is 10.1 Å². The van der Waals surface area contributed by atoms with Gasteiger partial charge in [-0.2, -0.15) is 0 Å². The number of hydrogen-bond acceptors (Lipinski definition) is 4. The fraction of sp³-hybridized carbons (Fsp3) is 0.133. The molecule has 0 heterocycles. The van der Waals surface area contributed by atoms with Crippen molar-refractivity contribution in [2.75, 3.05) is 11.9 Å². The molecule has 0 bridgehead atoms. The van der Waals surface area contributed by atoms with Crippen molar-refractivity contribution in [3.63, 3.8) is 0 Å². The molecule has 21 heavy (non-hydrogen) atoms. The van der Waals surface area contributed by atoms with Gasteiger partial charge in [0.05, 0.1) is 0 Å². The summed E-state index contributed by atoms with van der Waals surface area (Å²) < 4.78 is 5.60. The second-order valence-electron chi connectivity index (χ2n) is 4.34. The summed E-state index contributed by atoms with van der Waals surface area (Å²) in [6.07, 6.45) is 0. The minimum absolute atomic E-state index is 0.452. The first-order valence-electron chi connectivity index (χ1n) is 6.32. The van der Waals surface area contributed by atoms with Crippen molar-refractivity contribution in [2.45, 2.75) is 6.61 Å². The lowest BCUT2D eigenvalue weighted by atomic mass is 10.2. The van der Waals surface area contributed by atoms with E-state index in [1.165, 1.54) is 0 Å². The Kier molecular flexibility index (Phi) is 4.87. The third kappa shape index (κ3) is 4.94. The number of benzene rings is 2. The molecule has 0 aliphatic heterocycles. The Morgan fingerprint density at radius 2 is 1.76 bits per heavy atom. The summed E-state index contributed by atoms with van der Waals surface area (Å²) in [5, 5.41) is 12.6. The van der Waals surface area contributed by atoms with Crippen LogP contribution in [0.4, 0.5) is 5.69 Å². The second kappa shape index (κ2) is 7.04. The number of anilines is 1. The molecule has 0 saturated carbocycles. The summed E-state index contributed by atoms with van der Waals surface area (Å²) in [6, 6.07) is 16.4. The fourth-order valence-electron chi connectivity index (χ4n) is 1.69. The van der Waals surface area contributed by atoms with E-state index in [2.05, 4.69) is 5.32 Å². The molecule has 108 valence electrons. The van der Waals surface area contributed by atoms with Crippen molar-refractivity contribution in [2.24, 2.45) is 0 Å². The highest BCUT2D eigenvalue weighted by Gasteiger charge is 2.09. The summed E-state index contributed by atoms with van der Waals surface area (Å²) in [4.78, 5) is 20.8. The van der Waals surface area contributed by atoms with E-state index in [1.54, 1.807) is 24.3 Å². The van der Waals surface area contributed by atoms with E-state index in [-0.39, 0.29) is 0 Å². The molecule has 0 fully saturated rings. The third-order valence-electron chi connectivity index (χ3n) is 2.66. The summed E-state index contributed by atoms with van der Waals surface area (Å²) in [5.74, 6) is 0.00378. The average molecular weight is 286 g/mol. The Hall–Kier alpha value is -2.89. The lowest BCUT2D eigenvalue weighted by Gasteiger charge is -2.07. The first-order chi connectivity index (χ1) is 10.1. The minimum atomic E-state index is -0.744. The zero-order chi connectivity index (χ0) is 15.1. The van der Waals surface area contributed by atoms with Gasteiger partial charge in [-0.3, -0.25) is 14.9 Å². The molecule has 0 aliphatic rings. The van der Waals surface area contributed by atoms with Crippen LogP contribution >= 0.6 is 0 Å². The normalized spacial score (nSPS) is 9.90. The quantitative estimate of drug-likeness (QED) is 0.653. The smallest absolute Gasteiger partial charge is 0.296 e. The van der Waals surface area contributed by atoms with Gasteiger partial charge in [-0.15, -0.1) is 0 Å². The van der Waals surface area contributed by atoms with Crippen LogP contribution in [0.3, 0.4) is 0 Å². The van der Waals surface area contributed by atoms with E-state index in [1.807, 2.05) is 30.3 Å². The van der Waals surface area contributed by atoms with Crippen LogP contribution in [0, 0.1) is 10.1 Å². The molecule has 2 aromatic carbocycles. The number of nitrogens with zero attached hydrogens (tertiary/aromatic N) is 1. The maximum Gasteiger partial charge on any atom is 0.296 e. The number of carbonyl (C=O) groups is 1. The molecular formula is C15H14N2O4. The van der Waals surface area contributed by atoms with Gasteiger partial charge in [0.1, 0.15) is 12.4 Å². The van der Waals surface area contributed by atoms with Crippen molar-refractivity contribution in [1.29, 1.82) is 0 Å². The van der Waals surface area contributed by atoms with Gasteiger partial charge in [-0.1, -0.05) is 30.3 Å². The van der Waals surface area contributed by atoms with Crippen LogP contribution in [0.2, 0.25) is 0 Å². The molecule has 0 saturated heterocycles. The van der Waals surface area contributed by atoms with Crippen molar-refractivity contribution < 1.29 is 14.5 Å². The van der Waals surface area contributed by atoms with Crippen LogP contribution in [0.1, 0.15) is 5.56 Å². The van der Waals surface area contributed by atoms with Gasteiger partial charge in [-0.05, 0) is 29.8 Å². The molecule has 0 atom stereocenters. The molecule has 2 rings (SSSR count). The van der Waals surface area contributed by atoms with E-state index >= 15 is 0 Å². The molecule has 0 radical (unpaired) electrons. The van der Waals surface area contributed by atoms with E-state index in [0.717, 1.165) is 5.56 Å². The highest BCUT2D eigenvalue weighted by molar-refractivity contribution is 5.91. The van der Waals surface area contributed by atoms with Gasteiger partial charge in [0, 0.05) is 10.6 Å². The van der Waals surface area contributed by atoms with Crippen LogP contribution in [-0.2, 0) is 11.4 Å². The lowest BCUT2D eigenvalue weighted by Crippen LogP contribution is -2.21. The fourth-order valence-corrected chi connectivity index (χ4v) is 1.69. The Balaban J connectivity index is 1.87. The standard InChI is InChI=1S/C15H14N2O4/c18-15(10-17(19)20)16-13-6-8-14(9-7-13)21-11-12-4-2-1-3-5-12/h1-9H,10-11H2,(H,16,18). The predicted molar refractivity (Wildman–Crippen MR) is 77.7 cm³/mol. The molecule has 1 amide bonds. The number of rotatable bonds is 6. The number of carbonyl (C=O) groups excluding carboxylic acids is 1. The van der Waals surface area contributed by atoms with E-state index < -0.39 is 17.4 Å². The first-order valence-corrected chi connectivity index (χ1v) is 6.32. The number of ether oxygens (including phenoxy) is 1. The SMILES string of the molecule is O=C(C[N+](=O)[O-])Nc1ccc(OCc2ccccc2)cc1. The number of hydrogen-bond donors (Lipinski definition) is 1. The number of amides is 1. The summed E-state index contributed by atoms with van der Waals surface area (Å²) in [5.41, 5.74) is 1.55. The molecule has 2 aromatic rings. The van der Waals surface area contributed by atoms with Crippen LogP contribution in [0.25, 0.3) is 0 Å². The van der Waals surface area contributed by atoms with Crippen LogP contribution in [0.5, 0.6) is 5.75 Å². The molecule has 0 aliphatic carbocycles. The molecule has 6 heteroatoms. The maximum atomic E-state index is 11.2. The predicted octanol–water partition coefficient (Wildman–Crippen LogP) is 2.48. The minimum Gasteiger partial charge on any atom is -0.489 e. The Morgan fingerprint density at radius 3 is 2.38 bits per heavy atom. The topological polar surface area (TPSA) is 81.5 Å². The molecule has 1 N–H and O–H groups in total. The summed E-state index contributed by atoms with van der Waals surface area (Å²) in [7, 11) is 0. The van der Waals surface area contributed by atoms with Crippen LogP contribution in [-0.4, -0.2) is 17.4 Å². The van der Waals surface area contributed by atoms with E-state index in [9.17, 15) is 14.9 Å². The Morgan fingerprint density at radius 1 is 1.10 bits per heavy atom. The first kappa shape index (κ1) is 14.5. The summed E-state index contributed by atoms with van der Waals surface area (Å²) >= 11 is 0. The van der Waals surface area contributed by atoms with Gasteiger partial charge in [0.25, 0.3) is 12.5 Å². The Bertz CT molecular complexity index is 611. The molecule has 6 nitrogen and oxygen atoms in total. The zero-order valence-corrected chi connectivity index (χ0v) is 11.2. The second-order valence-corrected chi connectivity index (χ2v) is 4.34. The van der Waals surface area contributed by atoms with Gasteiger partial charge < -0.3 is 10.1 Å². The number of nitrogens with one attached hydrogen (secondary N) is 1. The van der Waals surface area contributed by atoms with Gasteiger partial charge in [0.15, 0.2) is 0 Å². The van der Waals surface area contributed by atoms with Crippen molar-refractivity contribution >= 4 is 11.6 Å². The highest BCUT2D eigenvalue weighted by Crippen LogP contribution is 2.17. The van der Waals surface area contributed by atoms with Gasteiger partial charge in [-0.25, -0.2) is 0 Å². The zero-order valence-electron chi connectivity index (χ0n) is 11.2. The van der Waals surface area contributed by atoms with Crippen molar-refractivity contribution in [1.82, 2.24) is 0 Å². The number of nitro groups is 1. The largest absolute Gasteiger partial charge is 0.489 e. The monoisotopic (exact) mass is 286 g/mol. The molecule has 0 unspecified atom stereocenters. The van der Waals surface area contributed by atoms with E-state index in [0.29, 0.717) is 18.0 Å². The van der Waals surface area contributed by atoms with Gasteiger partial charge >= 0.3 is 0 Å². The van der Waals surface area contributed by atoms with Crippen LogP contribution in [0.15, 0.2) is 54.6 Å². The Labute approximate surface area is 121 Å². The molecule has 0 aromatic heterocycles. The van der Waals surface area contributed by atoms with Gasteiger partial charge in [0.2, 0.25) is 0 Å². The van der Waals surface area contributed by atoms with Crippen molar-refractivity contribution in [3.05, 3.63) is 70.3 Å². The van der Waals surface area contributed by atoms with Crippen molar-refractivity contribution in [3.8, 4) is 5.75 Å². The molecule has 0 spiro atoms. The average Bonchev–Trinajstić information content (AvgIpc) is 2.47. The maximum absolute atomic E-state index is 11.2. The lowest BCUT2D eigenvalue weighted by molar-refractivity contribution is -0.467. The third-order valence-corrected chi connectivity index (χ3v) is 2.66. The summed E-state index contributed by atoms with van der Waals surface area (Å²) in [6.45, 7) is -0.292.